The van der Waals surface area contributed by atoms with Crippen molar-refractivity contribution in [2.24, 2.45) is 0 Å². The van der Waals surface area contributed by atoms with Crippen LogP contribution in [-0.4, -0.2) is 91.1 Å². The van der Waals surface area contributed by atoms with E-state index in [9.17, 15) is 9.59 Å². The molecule has 0 unspecified atom stereocenters. The van der Waals surface area contributed by atoms with Crippen molar-refractivity contribution in [2.75, 3.05) is 63.6 Å². The molecule has 0 aliphatic carbocycles. The third kappa shape index (κ3) is 6.10. The second-order valence-corrected chi connectivity index (χ2v) is 10.1. The fraction of sp³-hybridized carbons (Fsp3) is 0.400. The molecule has 4 rings (SSSR count). The van der Waals surface area contributed by atoms with Gasteiger partial charge in [0.2, 0.25) is 5.91 Å². The van der Waals surface area contributed by atoms with Crippen molar-refractivity contribution >= 4 is 63.7 Å². The maximum atomic E-state index is 13.6. The Hall–Kier alpha value is -2.43. The fourth-order valence-electron chi connectivity index (χ4n) is 4.36. The monoisotopic (exact) mass is 549 g/mol. The lowest BCUT2D eigenvalue weighted by atomic mass is 10.1. The minimum atomic E-state index is -0.724. The number of halogens is 2. The highest BCUT2D eigenvalue weighted by Gasteiger charge is 2.44. The predicted molar refractivity (Wildman–Crippen MR) is 147 cm³/mol. The third-order valence-corrected chi connectivity index (χ3v) is 7.44. The van der Waals surface area contributed by atoms with Gasteiger partial charge in [0.15, 0.2) is 5.11 Å². The van der Waals surface area contributed by atoms with Crippen molar-refractivity contribution in [3.8, 4) is 5.75 Å². The molecule has 2 aliphatic rings. The smallest absolute Gasteiger partial charge is 0.256 e. The van der Waals surface area contributed by atoms with Crippen LogP contribution < -0.4 is 15.0 Å². The standard InChI is InChI=1S/C25H29Cl2N5O3S/c1-29-9-11-30(12-10-29)13-14-31-21(16-23(33)28-18-5-3-17(26)4-6-18)24(34)32(25(31)36)19-7-8-22(35-2)20(27)15-19/h3-8,15,21H,9-14,16H2,1-2H3,(H,28,33)/t21-/m1/s1. The third-order valence-electron chi connectivity index (χ3n) is 6.47. The Morgan fingerprint density at radius 1 is 1.08 bits per heavy atom. The molecule has 1 N–H and O–H groups in total. The van der Waals surface area contributed by atoms with Gasteiger partial charge in [0.25, 0.3) is 5.91 Å². The van der Waals surface area contributed by atoms with Gasteiger partial charge in [0.05, 0.1) is 24.2 Å². The number of amides is 2. The van der Waals surface area contributed by atoms with Crippen LogP contribution in [0.1, 0.15) is 6.42 Å². The van der Waals surface area contributed by atoms with Gasteiger partial charge in [-0.05, 0) is 61.7 Å². The summed E-state index contributed by atoms with van der Waals surface area (Å²) >= 11 is 18.0. The first kappa shape index (κ1) is 26.6. The largest absolute Gasteiger partial charge is 0.495 e. The highest BCUT2D eigenvalue weighted by Crippen LogP contribution is 2.33. The van der Waals surface area contributed by atoms with Gasteiger partial charge < -0.3 is 19.9 Å². The first-order valence-electron chi connectivity index (χ1n) is 11.7. The van der Waals surface area contributed by atoms with Crippen molar-refractivity contribution in [2.45, 2.75) is 12.5 Å². The van der Waals surface area contributed by atoms with Gasteiger partial charge in [-0.2, -0.15) is 0 Å². The second kappa shape index (κ2) is 11.7. The summed E-state index contributed by atoms with van der Waals surface area (Å²) in [6.45, 7) is 5.16. The van der Waals surface area contributed by atoms with E-state index < -0.39 is 6.04 Å². The average molecular weight is 551 g/mol. The van der Waals surface area contributed by atoms with Crippen molar-refractivity contribution in [1.82, 2.24) is 14.7 Å². The number of nitrogens with zero attached hydrogens (tertiary/aromatic N) is 4. The van der Waals surface area contributed by atoms with Crippen LogP contribution in [0.2, 0.25) is 10.0 Å². The number of hydrogen-bond acceptors (Lipinski definition) is 6. The van der Waals surface area contributed by atoms with Gasteiger partial charge in [0.1, 0.15) is 11.8 Å². The highest BCUT2D eigenvalue weighted by molar-refractivity contribution is 7.80. The maximum Gasteiger partial charge on any atom is 0.256 e. The average Bonchev–Trinajstić information content (AvgIpc) is 3.08. The number of carbonyl (C=O) groups excluding carboxylic acids is 2. The van der Waals surface area contributed by atoms with Gasteiger partial charge in [-0.3, -0.25) is 19.4 Å². The van der Waals surface area contributed by atoms with Gasteiger partial charge in [-0.25, -0.2) is 0 Å². The summed E-state index contributed by atoms with van der Waals surface area (Å²) in [6, 6.07) is 11.2. The zero-order valence-corrected chi connectivity index (χ0v) is 22.6. The number of methoxy groups -OCH3 is 1. The zero-order chi connectivity index (χ0) is 25.8. The van der Waals surface area contributed by atoms with Crippen LogP contribution in [0.4, 0.5) is 11.4 Å². The molecule has 2 heterocycles. The minimum Gasteiger partial charge on any atom is -0.495 e. The molecule has 0 aromatic heterocycles. The van der Waals surface area contributed by atoms with Crippen LogP contribution in [-0.2, 0) is 9.59 Å². The van der Waals surface area contributed by atoms with Crippen LogP contribution in [0.15, 0.2) is 42.5 Å². The molecule has 2 aliphatic heterocycles. The molecule has 0 saturated carbocycles. The lowest BCUT2D eigenvalue weighted by Gasteiger charge is -2.34. The highest BCUT2D eigenvalue weighted by atomic mass is 35.5. The molecule has 0 spiro atoms. The van der Waals surface area contributed by atoms with E-state index in [2.05, 4.69) is 22.2 Å². The number of ether oxygens (including phenoxy) is 1. The maximum absolute atomic E-state index is 13.6. The van der Waals surface area contributed by atoms with E-state index in [0.717, 1.165) is 32.7 Å². The number of likely N-dealkylation sites (N-methyl/N-ethyl adjacent to an activating group) is 1. The number of piperazine rings is 1. The molecule has 0 radical (unpaired) electrons. The van der Waals surface area contributed by atoms with E-state index in [0.29, 0.717) is 38.8 Å². The van der Waals surface area contributed by atoms with E-state index in [1.165, 1.54) is 12.0 Å². The summed E-state index contributed by atoms with van der Waals surface area (Å²) in [7, 11) is 3.64. The number of thiocarbonyl (C=S) groups is 1. The summed E-state index contributed by atoms with van der Waals surface area (Å²) in [4.78, 5) is 34.5. The summed E-state index contributed by atoms with van der Waals surface area (Å²) in [5.74, 6) is -0.0349. The summed E-state index contributed by atoms with van der Waals surface area (Å²) in [5.41, 5.74) is 1.15. The van der Waals surface area contributed by atoms with Crippen molar-refractivity contribution in [3.05, 3.63) is 52.5 Å². The Bertz CT molecular complexity index is 1130. The van der Waals surface area contributed by atoms with Gasteiger partial charge in [-0.15, -0.1) is 0 Å². The Kier molecular flexibility index (Phi) is 8.69. The molecule has 1 atom stereocenters. The summed E-state index contributed by atoms with van der Waals surface area (Å²) < 4.78 is 5.24. The number of benzene rings is 2. The number of carbonyl (C=O) groups is 2. The lowest BCUT2D eigenvalue weighted by molar-refractivity contribution is -0.124. The van der Waals surface area contributed by atoms with Crippen LogP contribution >= 0.6 is 35.4 Å². The molecular weight excluding hydrogens is 521 g/mol. The molecule has 2 aromatic carbocycles. The van der Waals surface area contributed by atoms with E-state index >= 15 is 0 Å². The van der Waals surface area contributed by atoms with E-state index in [1.54, 1.807) is 42.5 Å². The molecule has 2 saturated heterocycles. The second-order valence-electron chi connectivity index (χ2n) is 8.89. The number of nitrogens with one attached hydrogen (secondary N) is 1. The lowest BCUT2D eigenvalue weighted by Crippen LogP contribution is -2.48. The van der Waals surface area contributed by atoms with E-state index in [-0.39, 0.29) is 18.2 Å². The van der Waals surface area contributed by atoms with Crippen LogP contribution in [0.3, 0.4) is 0 Å². The minimum absolute atomic E-state index is 0.0370. The Balaban J connectivity index is 1.53. The Labute approximate surface area is 226 Å². The molecule has 2 aromatic rings. The number of rotatable bonds is 8. The van der Waals surface area contributed by atoms with Crippen LogP contribution in [0.25, 0.3) is 0 Å². The molecule has 8 nitrogen and oxygen atoms in total. The molecule has 192 valence electrons. The van der Waals surface area contributed by atoms with Crippen molar-refractivity contribution in [3.63, 3.8) is 0 Å². The molecule has 2 amide bonds. The molecule has 11 heteroatoms. The Morgan fingerprint density at radius 3 is 2.42 bits per heavy atom. The molecule has 36 heavy (non-hydrogen) atoms. The number of hydrogen-bond donors (Lipinski definition) is 1. The van der Waals surface area contributed by atoms with Gasteiger partial charge >= 0.3 is 0 Å². The normalized spacial score (nSPS) is 19.2. The SMILES string of the molecule is COc1ccc(N2C(=O)[C@@H](CC(=O)Nc3ccc(Cl)cc3)N(CCN3CCN(C)CC3)C2=S)cc1Cl. The van der Waals surface area contributed by atoms with Crippen LogP contribution in [0.5, 0.6) is 5.75 Å². The first-order valence-corrected chi connectivity index (χ1v) is 12.9. The summed E-state index contributed by atoms with van der Waals surface area (Å²) in [6.07, 6.45) is -0.0370. The Morgan fingerprint density at radius 2 is 1.78 bits per heavy atom. The topological polar surface area (TPSA) is 68.4 Å². The van der Waals surface area contributed by atoms with Crippen molar-refractivity contribution in [1.29, 1.82) is 0 Å². The van der Waals surface area contributed by atoms with Gasteiger partial charge in [0, 0.05) is 50.0 Å². The van der Waals surface area contributed by atoms with Crippen LogP contribution in [0, 0.1) is 0 Å². The quantitative estimate of drug-likeness (QED) is 0.504. The predicted octanol–water partition coefficient (Wildman–Crippen LogP) is 3.58. The van der Waals surface area contributed by atoms with E-state index in [4.69, 9.17) is 40.2 Å². The zero-order valence-electron chi connectivity index (χ0n) is 20.2. The first-order chi connectivity index (χ1) is 17.3. The molecule has 0 bridgehead atoms. The number of anilines is 2. The van der Waals surface area contributed by atoms with Crippen molar-refractivity contribution < 1.29 is 14.3 Å². The molecule has 2 fully saturated rings. The van der Waals surface area contributed by atoms with Gasteiger partial charge in [-0.1, -0.05) is 23.2 Å². The molecular formula is C25H29Cl2N5O3S. The fourth-order valence-corrected chi connectivity index (χ4v) is 5.15. The summed E-state index contributed by atoms with van der Waals surface area (Å²) in [5, 5.41) is 4.16. The van der Waals surface area contributed by atoms with E-state index in [1.807, 2.05) is 4.90 Å².